The highest BCUT2D eigenvalue weighted by Gasteiger charge is 2.32. The van der Waals surface area contributed by atoms with E-state index in [1.54, 1.807) is 0 Å². The van der Waals surface area contributed by atoms with E-state index >= 15 is 0 Å². The van der Waals surface area contributed by atoms with Gasteiger partial charge in [-0.2, -0.15) is 0 Å². The standard InChI is InChI=1S/C13H13F3N2O2/c1-2-3-4-7-18-12(19)9-5-6-11(10(17)8-9)20-13(14,15)16/h1,5-6,8H,3-4,7,17H2,(H,18,19). The second-order valence-corrected chi connectivity index (χ2v) is 3.86. The summed E-state index contributed by atoms with van der Waals surface area (Å²) in [5, 5.41) is 2.58. The van der Waals surface area contributed by atoms with Crippen molar-refractivity contribution in [2.75, 3.05) is 12.3 Å². The fourth-order valence-corrected chi connectivity index (χ4v) is 1.40. The number of nitrogen functional groups attached to an aromatic ring is 1. The van der Waals surface area contributed by atoms with E-state index in [1.165, 1.54) is 6.07 Å². The fraction of sp³-hybridized carbons (Fsp3) is 0.308. The Morgan fingerprint density at radius 3 is 2.70 bits per heavy atom. The zero-order chi connectivity index (χ0) is 15.2. The third-order valence-electron chi connectivity index (χ3n) is 2.28. The third kappa shape index (κ3) is 5.10. The lowest BCUT2D eigenvalue weighted by Gasteiger charge is -2.12. The Labute approximate surface area is 114 Å². The number of alkyl halides is 3. The first-order chi connectivity index (χ1) is 9.33. The molecular formula is C13H13F3N2O2. The molecular weight excluding hydrogens is 273 g/mol. The molecule has 0 bridgehead atoms. The Morgan fingerprint density at radius 1 is 1.45 bits per heavy atom. The van der Waals surface area contributed by atoms with Gasteiger partial charge in [-0.25, -0.2) is 0 Å². The molecule has 1 aromatic carbocycles. The molecule has 0 saturated carbocycles. The Bertz CT molecular complexity index is 521. The van der Waals surface area contributed by atoms with Gasteiger partial charge in [-0.1, -0.05) is 0 Å². The van der Waals surface area contributed by atoms with E-state index < -0.39 is 18.0 Å². The molecule has 0 aliphatic rings. The lowest BCUT2D eigenvalue weighted by molar-refractivity contribution is -0.274. The van der Waals surface area contributed by atoms with Gasteiger partial charge in [0.2, 0.25) is 0 Å². The third-order valence-corrected chi connectivity index (χ3v) is 2.28. The molecule has 0 unspecified atom stereocenters. The highest BCUT2D eigenvalue weighted by atomic mass is 19.4. The summed E-state index contributed by atoms with van der Waals surface area (Å²) in [4.78, 5) is 11.7. The summed E-state index contributed by atoms with van der Waals surface area (Å²) >= 11 is 0. The molecule has 20 heavy (non-hydrogen) atoms. The van der Waals surface area contributed by atoms with E-state index in [0.717, 1.165) is 12.1 Å². The Balaban J connectivity index is 2.67. The van der Waals surface area contributed by atoms with Crippen LogP contribution in [-0.4, -0.2) is 18.8 Å². The van der Waals surface area contributed by atoms with Gasteiger partial charge in [-0.05, 0) is 24.6 Å². The lowest BCUT2D eigenvalue weighted by atomic mass is 10.1. The van der Waals surface area contributed by atoms with Gasteiger partial charge < -0.3 is 15.8 Å². The molecule has 0 aliphatic heterocycles. The minimum absolute atomic E-state index is 0.151. The van der Waals surface area contributed by atoms with Gasteiger partial charge >= 0.3 is 6.36 Å². The number of hydrogen-bond acceptors (Lipinski definition) is 3. The molecule has 0 fully saturated rings. The largest absolute Gasteiger partial charge is 0.573 e. The summed E-state index contributed by atoms with van der Waals surface area (Å²) in [5.74, 6) is 1.45. The summed E-state index contributed by atoms with van der Waals surface area (Å²) in [6.07, 6.45) is 1.38. The van der Waals surface area contributed by atoms with Crippen molar-refractivity contribution >= 4 is 11.6 Å². The van der Waals surface area contributed by atoms with Crippen molar-refractivity contribution in [2.45, 2.75) is 19.2 Å². The van der Waals surface area contributed by atoms with Gasteiger partial charge in [-0.3, -0.25) is 4.79 Å². The first-order valence-corrected chi connectivity index (χ1v) is 5.70. The fourth-order valence-electron chi connectivity index (χ4n) is 1.40. The van der Waals surface area contributed by atoms with Crippen molar-refractivity contribution in [3.05, 3.63) is 23.8 Å². The molecule has 0 aromatic heterocycles. The van der Waals surface area contributed by atoms with Gasteiger partial charge in [0.25, 0.3) is 5.91 Å². The van der Waals surface area contributed by atoms with E-state index in [-0.39, 0.29) is 11.3 Å². The average molecular weight is 286 g/mol. The summed E-state index contributed by atoms with van der Waals surface area (Å²) in [7, 11) is 0. The maximum absolute atomic E-state index is 12.0. The monoisotopic (exact) mass is 286 g/mol. The van der Waals surface area contributed by atoms with Crippen molar-refractivity contribution in [1.29, 1.82) is 0 Å². The van der Waals surface area contributed by atoms with Gasteiger partial charge in [-0.15, -0.1) is 25.5 Å². The first-order valence-electron chi connectivity index (χ1n) is 5.70. The maximum Gasteiger partial charge on any atom is 0.573 e. The molecule has 0 spiro atoms. The van der Waals surface area contributed by atoms with Crippen LogP contribution < -0.4 is 15.8 Å². The van der Waals surface area contributed by atoms with Crippen LogP contribution in [0.5, 0.6) is 5.75 Å². The first kappa shape index (κ1) is 15.7. The number of carbonyl (C=O) groups is 1. The van der Waals surface area contributed by atoms with Crippen LogP contribution in [0.4, 0.5) is 18.9 Å². The van der Waals surface area contributed by atoms with Crippen molar-refractivity contribution < 1.29 is 22.7 Å². The predicted octanol–water partition coefficient (Wildman–Crippen LogP) is 2.31. The number of ether oxygens (including phenoxy) is 1. The normalized spacial score (nSPS) is 10.7. The number of anilines is 1. The topological polar surface area (TPSA) is 64.3 Å². The van der Waals surface area contributed by atoms with Gasteiger partial charge in [0.15, 0.2) is 5.75 Å². The lowest BCUT2D eigenvalue weighted by Crippen LogP contribution is -2.24. The zero-order valence-electron chi connectivity index (χ0n) is 10.5. The molecule has 0 saturated heterocycles. The number of nitrogens with two attached hydrogens (primary N) is 1. The molecule has 0 heterocycles. The molecule has 1 rings (SSSR count). The van der Waals surface area contributed by atoms with Crippen LogP contribution in [-0.2, 0) is 0 Å². The van der Waals surface area contributed by atoms with Gasteiger partial charge in [0.1, 0.15) is 0 Å². The molecule has 0 radical (unpaired) electrons. The van der Waals surface area contributed by atoms with Crippen LogP contribution in [0.1, 0.15) is 23.2 Å². The Hall–Kier alpha value is -2.36. The number of rotatable bonds is 5. The van der Waals surface area contributed by atoms with Crippen LogP contribution in [0.15, 0.2) is 18.2 Å². The van der Waals surface area contributed by atoms with Crippen LogP contribution in [0.3, 0.4) is 0 Å². The van der Waals surface area contributed by atoms with Crippen molar-refractivity contribution in [3.8, 4) is 18.1 Å². The number of nitrogens with one attached hydrogen (secondary N) is 1. The summed E-state index contributed by atoms with van der Waals surface area (Å²) in [6, 6.07) is 3.32. The predicted molar refractivity (Wildman–Crippen MR) is 67.9 cm³/mol. The molecule has 3 N–H and O–H groups in total. The SMILES string of the molecule is C#CCCCNC(=O)c1ccc(OC(F)(F)F)c(N)c1. The molecule has 1 aromatic rings. The van der Waals surface area contributed by atoms with E-state index in [0.29, 0.717) is 19.4 Å². The minimum atomic E-state index is -4.83. The average Bonchev–Trinajstić information content (AvgIpc) is 2.35. The summed E-state index contributed by atoms with van der Waals surface area (Å²) < 4.78 is 39.8. The molecule has 0 aliphatic carbocycles. The maximum atomic E-state index is 12.0. The van der Waals surface area contributed by atoms with E-state index in [1.807, 2.05) is 0 Å². The number of carbonyl (C=O) groups excluding carboxylic acids is 1. The smallest absolute Gasteiger partial charge is 0.404 e. The Kier molecular flexibility index (Phi) is 5.26. The molecule has 1 amide bonds. The molecule has 108 valence electrons. The van der Waals surface area contributed by atoms with Gasteiger partial charge in [0, 0.05) is 18.5 Å². The van der Waals surface area contributed by atoms with Crippen LogP contribution in [0.25, 0.3) is 0 Å². The molecule has 7 heteroatoms. The number of benzene rings is 1. The van der Waals surface area contributed by atoms with Crippen molar-refractivity contribution in [1.82, 2.24) is 5.32 Å². The summed E-state index contributed by atoms with van der Waals surface area (Å²) in [6.45, 7) is 0.379. The number of halogens is 3. The Morgan fingerprint density at radius 2 is 2.15 bits per heavy atom. The van der Waals surface area contributed by atoms with E-state index in [2.05, 4.69) is 16.0 Å². The van der Waals surface area contributed by atoms with Gasteiger partial charge in [0.05, 0.1) is 5.69 Å². The van der Waals surface area contributed by atoms with Crippen LogP contribution >= 0.6 is 0 Å². The van der Waals surface area contributed by atoms with Crippen molar-refractivity contribution in [2.24, 2.45) is 0 Å². The summed E-state index contributed by atoms with van der Waals surface area (Å²) in [5.41, 5.74) is 5.30. The van der Waals surface area contributed by atoms with E-state index in [4.69, 9.17) is 12.2 Å². The number of hydrogen-bond donors (Lipinski definition) is 2. The zero-order valence-corrected chi connectivity index (χ0v) is 10.5. The molecule has 4 nitrogen and oxygen atoms in total. The quantitative estimate of drug-likeness (QED) is 0.496. The van der Waals surface area contributed by atoms with Crippen LogP contribution in [0.2, 0.25) is 0 Å². The second-order valence-electron chi connectivity index (χ2n) is 3.86. The highest BCUT2D eigenvalue weighted by Crippen LogP contribution is 2.28. The van der Waals surface area contributed by atoms with Crippen LogP contribution in [0, 0.1) is 12.3 Å². The minimum Gasteiger partial charge on any atom is -0.404 e. The molecule has 0 atom stereocenters. The number of amides is 1. The van der Waals surface area contributed by atoms with E-state index in [9.17, 15) is 18.0 Å². The number of unbranched alkanes of at least 4 members (excludes halogenated alkanes) is 1. The highest BCUT2D eigenvalue weighted by molar-refractivity contribution is 5.95. The van der Waals surface area contributed by atoms with Crippen molar-refractivity contribution in [3.63, 3.8) is 0 Å². The number of terminal acetylenes is 1. The second kappa shape index (κ2) is 6.70.